The number of nitrogens with one attached hydrogen (secondary N) is 3. The van der Waals surface area contributed by atoms with Gasteiger partial charge >= 0.3 is 6.03 Å². The van der Waals surface area contributed by atoms with E-state index >= 15 is 0 Å². The minimum atomic E-state index is -0.131. The largest absolute Gasteiger partial charge is 0.398 e. The van der Waals surface area contributed by atoms with Gasteiger partial charge in [-0.25, -0.2) is 9.78 Å². The number of para-hydroxylation sites is 1. The van der Waals surface area contributed by atoms with Crippen molar-refractivity contribution in [2.24, 2.45) is 0 Å². The quantitative estimate of drug-likeness (QED) is 0.162. The van der Waals surface area contributed by atoms with Crippen molar-refractivity contribution < 1.29 is 4.79 Å². The monoisotopic (exact) mass is 535 g/mol. The number of urea groups is 1. The fourth-order valence-corrected chi connectivity index (χ4v) is 4.07. The molecule has 4 rings (SSSR count). The molecule has 0 bridgehead atoms. The van der Waals surface area contributed by atoms with Gasteiger partial charge in [0, 0.05) is 37.0 Å². The topological polar surface area (TPSA) is 109 Å². The Morgan fingerprint density at radius 3 is 2.51 bits per heavy atom. The summed E-state index contributed by atoms with van der Waals surface area (Å²) in [6.45, 7) is 3.94. The number of amides is 2. The van der Waals surface area contributed by atoms with E-state index in [1.54, 1.807) is 10.7 Å². The summed E-state index contributed by atoms with van der Waals surface area (Å²) in [5.41, 5.74) is 11.4. The van der Waals surface area contributed by atoms with Crippen molar-refractivity contribution in [3.8, 4) is 11.3 Å². The van der Waals surface area contributed by atoms with Gasteiger partial charge in [-0.15, -0.1) is 0 Å². The third-order valence-electron chi connectivity index (χ3n) is 5.68. The van der Waals surface area contributed by atoms with E-state index in [4.69, 9.17) is 10.7 Å². The summed E-state index contributed by atoms with van der Waals surface area (Å²) < 4.78 is 2.58. The molecule has 0 unspecified atom stereocenters. The Kier molecular flexibility index (Phi) is 8.20. The Hall–Kier alpha value is -3.59. The Labute approximate surface area is 213 Å². The number of anilines is 2. The summed E-state index contributed by atoms with van der Waals surface area (Å²) in [7, 11) is 0. The zero-order valence-electron chi connectivity index (χ0n) is 19.7. The first-order valence-corrected chi connectivity index (χ1v) is 12.6. The zero-order valence-corrected chi connectivity index (χ0v) is 21.3. The smallest absolute Gasteiger partial charge is 0.315 e. The predicted molar refractivity (Wildman–Crippen MR) is 144 cm³/mol. The van der Waals surface area contributed by atoms with Crippen molar-refractivity contribution in [3.05, 3.63) is 76.4 Å². The zero-order chi connectivity index (χ0) is 24.6. The van der Waals surface area contributed by atoms with Crippen LogP contribution in [0.25, 0.3) is 16.9 Å². The molecule has 9 heteroatoms. The Morgan fingerprint density at radius 2 is 1.77 bits per heavy atom. The van der Waals surface area contributed by atoms with Crippen molar-refractivity contribution in [1.82, 2.24) is 25.2 Å². The van der Waals surface area contributed by atoms with Crippen LogP contribution in [0.15, 0.2) is 65.3 Å². The number of unbranched alkanes of at least 4 members (excludes halogenated alkanes) is 2. The molecule has 2 amide bonds. The Bertz CT molecular complexity index is 1290. The molecule has 2 aromatic heterocycles. The predicted octanol–water partition coefficient (Wildman–Crippen LogP) is 5.34. The second kappa shape index (κ2) is 11.7. The van der Waals surface area contributed by atoms with Crippen molar-refractivity contribution >= 4 is 39.1 Å². The van der Waals surface area contributed by atoms with Crippen LogP contribution in [0.1, 0.15) is 37.3 Å². The molecule has 0 fully saturated rings. The van der Waals surface area contributed by atoms with E-state index in [2.05, 4.69) is 56.0 Å². The molecule has 0 aliphatic rings. The molecule has 2 aromatic carbocycles. The Morgan fingerprint density at radius 1 is 1.03 bits per heavy atom. The number of carbonyl (C=O) groups is 1. The van der Waals surface area contributed by atoms with Crippen LogP contribution in [0.4, 0.5) is 16.3 Å². The third-order valence-corrected chi connectivity index (χ3v) is 6.24. The summed E-state index contributed by atoms with van der Waals surface area (Å²) in [4.78, 5) is 16.7. The van der Waals surface area contributed by atoms with Gasteiger partial charge in [-0.05, 0) is 39.5 Å². The van der Waals surface area contributed by atoms with E-state index in [9.17, 15) is 4.79 Å². The maximum absolute atomic E-state index is 11.9. The molecule has 0 saturated carbocycles. The number of nitrogens with two attached hydrogens (primary N) is 1. The molecule has 0 atom stereocenters. The molecule has 35 heavy (non-hydrogen) atoms. The molecule has 0 spiro atoms. The van der Waals surface area contributed by atoms with Crippen LogP contribution in [0.3, 0.4) is 0 Å². The normalized spacial score (nSPS) is 10.9. The average molecular weight is 536 g/mol. The fraction of sp³-hybridized carbons (Fsp3) is 0.269. The number of hydrogen-bond acceptors (Lipinski definition) is 5. The van der Waals surface area contributed by atoms with Crippen LogP contribution in [-0.2, 0) is 13.1 Å². The minimum absolute atomic E-state index is 0.131. The molecular weight excluding hydrogens is 506 g/mol. The SMILES string of the molecule is CCCCCNC(=O)NCc1ccc(CNc2cc(-c3ccccc3N)nc3c(Br)cnn23)cc1. The van der Waals surface area contributed by atoms with Crippen molar-refractivity contribution in [2.45, 2.75) is 39.3 Å². The van der Waals surface area contributed by atoms with Crippen LogP contribution in [-0.4, -0.2) is 27.2 Å². The lowest BCUT2D eigenvalue weighted by Gasteiger charge is -2.12. The molecule has 0 radical (unpaired) electrons. The van der Waals surface area contributed by atoms with Crippen LogP contribution < -0.4 is 21.7 Å². The first-order chi connectivity index (χ1) is 17.0. The fourth-order valence-electron chi connectivity index (χ4n) is 3.72. The van der Waals surface area contributed by atoms with Gasteiger partial charge in [0.25, 0.3) is 0 Å². The molecule has 0 aliphatic heterocycles. The maximum atomic E-state index is 11.9. The van der Waals surface area contributed by atoms with Gasteiger partial charge in [0.15, 0.2) is 5.65 Å². The minimum Gasteiger partial charge on any atom is -0.398 e. The van der Waals surface area contributed by atoms with Crippen molar-refractivity contribution in [2.75, 3.05) is 17.6 Å². The standard InChI is InChI=1S/C26H30BrN7O/c1-2-3-6-13-29-26(35)31-16-19-11-9-18(10-12-19)15-30-24-14-23(20-7-4-5-8-22(20)28)33-25-21(27)17-32-34(24)25/h4-5,7-12,14,17,30H,2-3,6,13,15-16,28H2,1H3,(H2,29,31,35). The highest BCUT2D eigenvalue weighted by Gasteiger charge is 2.13. The van der Waals surface area contributed by atoms with Gasteiger partial charge in [0.1, 0.15) is 5.82 Å². The third kappa shape index (κ3) is 6.30. The molecule has 0 saturated heterocycles. The van der Waals surface area contributed by atoms with Crippen LogP contribution in [0.2, 0.25) is 0 Å². The van der Waals surface area contributed by atoms with E-state index in [0.29, 0.717) is 31.0 Å². The molecule has 182 valence electrons. The summed E-state index contributed by atoms with van der Waals surface area (Å²) >= 11 is 3.54. The molecular formula is C26H30BrN7O. The van der Waals surface area contributed by atoms with Gasteiger partial charge in [-0.1, -0.05) is 62.2 Å². The number of carbonyl (C=O) groups excluding carboxylic acids is 1. The van der Waals surface area contributed by atoms with Gasteiger partial charge in [0.2, 0.25) is 0 Å². The van der Waals surface area contributed by atoms with Gasteiger partial charge in [-0.3, -0.25) is 0 Å². The number of nitrogens with zero attached hydrogens (tertiary/aromatic N) is 3. The number of rotatable bonds is 10. The second-order valence-electron chi connectivity index (χ2n) is 8.33. The number of nitrogen functional groups attached to an aromatic ring is 1. The van der Waals surface area contributed by atoms with Gasteiger partial charge < -0.3 is 21.7 Å². The average Bonchev–Trinajstić information content (AvgIpc) is 3.25. The highest BCUT2D eigenvalue weighted by molar-refractivity contribution is 9.10. The summed E-state index contributed by atoms with van der Waals surface area (Å²) in [5, 5.41) is 13.7. The van der Waals surface area contributed by atoms with E-state index in [1.807, 2.05) is 42.5 Å². The number of aromatic nitrogens is 3. The molecule has 5 N–H and O–H groups in total. The van der Waals surface area contributed by atoms with Crippen LogP contribution in [0, 0.1) is 0 Å². The van der Waals surface area contributed by atoms with E-state index in [0.717, 1.165) is 51.9 Å². The van der Waals surface area contributed by atoms with Crippen molar-refractivity contribution in [3.63, 3.8) is 0 Å². The van der Waals surface area contributed by atoms with Gasteiger partial charge in [0.05, 0.1) is 16.4 Å². The van der Waals surface area contributed by atoms with Gasteiger partial charge in [-0.2, -0.15) is 9.61 Å². The highest BCUT2D eigenvalue weighted by atomic mass is 79.9. The van der Waals surface area contributed by atoms with Crippen LogP contribution in [0.5, 0.6) is 0 Å². The highest BCUT2D eigenvalue weighted by Crippen LogP contribution is 2.29. The lowest BCUT2D eigenvalue weighted by molar-refractivity contribution is 0.240. The molecule has 4 aromatic rings. The van der Waals surface area contributed by atoms with E-state index in [-0.39, 0.29) is 6.03 Å². The van der Waals surface area contributed by atoms with Crippen LogP contribution >= 0.6 is 15.9 Å². The summed E-state index contributed by atoms with van der Waals surface area (Å²) in [5.74, 6) is 0.810. The number of fused-ring (bicyclic) bond motifs is 1. The summed E-state index contributed by atoms with van der Waals surface area (Å²) in [6.07, 6.45) is 5.00. The molecule has 8 nitrogen and oxygen atoms in total. The maximum Gasteiger partial charge on any atom is 0.315 e. The number of hydrogen-bond donors (Lipinski definition) is 4. The molecule has 2 heterocycles. The first-order valence-electron chi connectivity index (χ1n) is 11.8. The number of benzene rings is 2. The first kappa shape index (κ1) is 24.5. The van der Waals surface area contributed by atoms with E-state index in [1.165, 1.54) is 0 Å². The Balaban J connectivity index is 1.40. The number of halogens is 1. The second-order valence-corrected chi connectivity index (χ2v) is 9.18. The summed E-state index contributed by atoms with van der Waals surface area (Å²) in [6, 6.07) is 17.7. The van der Waals surface area contributed by atoms with Crippen molar-refractivity contribution in [1.29, 1.82) is 0 Å². The molecule has 0 aliphatic carbocycles. The lowest BCUT2D eigenvalue weighted by atomic mass is 10.1. The van der Waals surface area contributed by atoms with E-state index < -0.39 is 0 Å². The lowest BCUT2D eigenvalue weighted by Crippen LogP contribution is -2.35.